The van der Waals surface area contributed by atoms with Gasteiger partial charge in [-0.05, 0) is 19.3 Å². The Bertz CT molecular complexity index is 381. The number of nitrogens with one attached hydrogen (secondary N) is 1. The molecule has 0 aromatic heterocycles. The first-order chi connectivity index (χ1) is 8.56. The molecule has 1 N–H and O–H groups in total. The number of amides is 2. The molecule has 2 amide bonds. The van der Waals surface area contributed by atoms with Crippen molar-refractivity contribution in [2.45, 2.75) is 52.6 Å². The van der Waals surface area contributed by atoms with Gasteiger partial charge in [0.1, 0.15) is 12.1 Å². The fourth-order valence-corrected chi connectivity index (χ4v) is 2.16. The highest BCUT2D eigenvalue weighted by molar-refractivity contribution is 5.97. The highest BCUT2D eigenvalue weighted by atomic mass is 16.2. The van der Waals surface area contributed by atoms with Crippen molar-refractivity contribution in [2.75, 3.05) is 6.54 Å². The number of piperazine rings is 1. The fourth-order valence-electron chi connectivity index (χ4n) is 2.16. The Kier molecular flexibility index (Phi) is 5.21. The number of carbonyl (C=O) groups is 2. The van der Waals surface area contributed by atoms with Gasteiger partial charge in [0, 0.05) is 0 Å². The van der Waals surface area contributed by atoms with E-state index in [1.807, 2.05) is 20.8 Å². The number of nitrogens with zero attached hydrogens (tertiary/aromatic N) is 1. The molecule has 100 valence electrons. The summed E-state index contributed by atoms with van der Waals surface area (Å²) >= 11 is 0. The lowest BCUT2D eigenvalue weighted by Gasteiger charge is -2.39. The summed E-state index contributed by atoms with van der Waals surface area (Å²) in [6.07, 6.45) is 1.48. The second kappa shape index (κ2) is 6.44. The molecule has 0 aromatic carbocycles. The zero-order valence-corrected chi connectivity index (χ0v) is 11.6. The van der Waals surface area contributed by atoms with E-state index < -0.39 is 6.04 Å². The van der Waals surface area contributed by atoms with Gasteiger partial charge in [0.15, 0.2) is 0 Å². The molecule has 4 nitrogen and oxygen atoms in total. The summed E-state index contributed by atoms with van der Waals surface area (Å²) < 4.78 is 0. The molecule has 0 aliphatic carbocycles. The maximum Gasteiger partial charge on any atom is 0.246 e. The third-order valence-electron chi connectivity index (χ3n) is 3.55. The van der Waals surface area contributed by atoms with Crippen LogP contribution in [0.3, 0.4) is 0 Å². The van der Waals surface area contributed by atoms with Gasteiger partial charge >= 0.3 is 0 Å². The topological polar surface area (TPSA) is 49.4 Å². The molecule has 1 fully saturated rings. The van der Waals surface area contributed by atoms with Crippen LogP contribution in [0.25, 0.3) is 0 Å². The SMILES string of the molecule is CC#CCN1C(=O)C(C(C)CC)NC(=O)C1CC. The van der Waals surface area contributed by atoms with Crippen molar-refractivity contribution >= 4 is 11.8 Å². The van der Waals surface area contributed by atoms with Gasteiger partial charge < -0.3 is 10.2 Å². The van der Waals surface area contributed by atoms with E-state index in [1.165, 1.54) is 0 Å². The van der Waals surface area contributed by atoms with Crippen LogP contribution in [0.5, 0.6) is 0 Å². The lowest BCUT2D eigenvalue weighted by atomic mass is 9.93. The van der Waals surface area contributed by atoms with Crippen LogP contribution >= 0.6 is 0 Å². The summed E-state index contributed by atoms with van der Waals surface area (Å²) in [5.74, 6) is 5.76. The van der Waals surface area contributed by atoms with Crippen molar-refractivity contribution in [3.63, 3.8) is 0 Å². The van der Waals surface area contributed by atoms with Crippen molar-refractivity contribution in [1.29, 1.82) is 0 Å². The van der Waals surface area contributed by atoms with E-state index in [0.29, 0.717) is 13.0 Å². The Hall–Kier alpha value is -1.50. The minimum absolute atomic E-state index is 0.00134. The quantitative estimate of drug-likeness (QED) is 0.761. The predicted molar refractivity (Wildman–Crippen MR) is 70.6 cm³/mol. The van der Waals surface area contributed by atoms with Crippen molar-refractivity contribution < 1.29 is 9.59 Å². The first-order valence-electron chi connectivity index (χ1n) is 6.57. The monoisotopic (exact) mass is 250 g/mol. The van der Waals surface area contributed by atoms with Crippen molar-refractivity contribution in [3.05, 3.63) is 0 Å². The third-order valence-corrected chi connectivity index (χ3v) is 3.55. The average Bonchev–Trinajstić information content (AvgIpc) is 2.38. The molecule has 3 unspecified atom stereocenters. The van der Waals surface area contributed by atoms with Gasteiger partial charge in [-0.2, -0.15) is 0 Å². The highest BCUT2D eigenvalue weighted by Crippen LogP contribution is 2.19. The summed E-state index contributed by atoms with van der Waals surface area (Å²) in [6.45, 7) is 7.99. The minimum Gasteiger partial charge on any atom is -0.342 e. The smallest absolute Gasteiger partial charge is 0.246 e. The van der Waals surface area contributed by atoms with Gasteiger partial charge in [-0.25, -0.2) is 0 Å². The van der Waals surface area contributed by atoms with Crippen molar-refractivity contribution in [3.8, 4) is 11.8 Å². The fraction of sp³-hybridized carbons (Fsp3) is 0.714. The van der Waals surface area contributed by atoms with Crippen LogP contribution in [0.1, 0.15) is 40.5 Å². The molecule has 0 saturated carbocycles. The van der Waals surface area contributed by atoms with E-state index in [9.17, 15) is 9.59 Å². The summed E-state index contributed by atoms with van der Waals surface area (Å²) in [7, 11) is 0. The summed E-state index contributed by atoms with van der Waals surface area (Å²) in [4.78, 5) is 26.0. The molecule has 1 aliphatic heterocycles. The van der Waals surface area contributed by atoms with Crippen molar-refractivity contribution in [2.24, 2.45) is 5.92 Å². The second-order valence-electron chi connectivity index (χ2n) is 4.69. The van der Waals surface area contributed by atoms with Crippen LogP contribution in [-0.2, 0) is 9.59 Å². The molecule has 1 rings (SSSR count). The maximum absolute atomic E-state index is 12.4. The Balaban J connectivity index is 2.95. The largest absolute Gasteiger partial charge is 0.342 e. The molecule has 3 atom stereocenters. The van der Waals surface area contributed by atoms with Crippen LogP contribution in [0, 0.1) is 17.8 Å². The predicted octanol–water partition coefficient (Wildman–Crippen LogP) is 1.16. The highest BCUT2D eigenvalue weighted by Gasteiger charge is 2.40. The van der Waals surface area contributed by atoms with Gasteiger partial charge in [0.2, 0.25) is 11.8 Å². The summed E-state index contributed by atoms with van der Waals surface area (Å²) in [6, 6.07) is -0.775. The van der Waals surface area contributed by atoms with Crippen LogP contribution in [0.15, 0.2) is 0 Å². The first kappa shape index (κ1) is 14.6. The normalized spacial score (nSPS) is 25.2. The molecule has 0 bridgehead atoms. The summed E-state index contributed by atoms with van der Waals surface area (Å²) in [5, 5.41) is 2.85. The Morgan fingerprint density at radius 3 is 2.56 bits per heavy atom. The van der Waals surface area contributed by atoms with Crippen molar-refractivity contribution in [1.82, 2.24) is 10.2 Å². The maximum atomic E-state index is 12.4. The zero-order chi connectivity index (χ0) is 13.7. The molecule has 1 heterocycles. The first-order valence-corrected chi connectivity index (χ1v) is 6.57. The standard InChI is InChI=1S/C14H22N2O2/c1-5-8-9-16-11(7-3)13(17)15-12(14(16)18)10(4)6-2/h10-12H,6-7,9H2,1-4H3,(H,15,17). The van der Waals surface area contributed by atoms with E-state index in [4.69, 9.17) is 0 Å². The minimum atomic E-state index is -0.399. The number of carbonyl (C=O) groups excluding carboxylic acids is 2. The van der Waals surface area contributed by atoms with E-state index in [0.717, 1.165) is 6.42 Å². The molecular weight excluding hydrogens is 228 g/mol. The van der Waals surface area contributed by atoms with Gasteiger partial charge in [-0.3, -0.25) is 9.59 Å². The van der Waals surface area contributed by atoms with Crippen LogP contribution < -0.4 is 5.32 Å². The molecule has 18 heavy (non-hydrogen) atoms. The Morgan fingerprint density at radius 1 is 1.39 bits per heavy atom. The van der Waals surface area contributed by atoms with E-state index in [2.05, 4.69) is 17.2 Å². The van der Waals surface area contributed by atoms with Crippen LogP contribution in [0.2, 0.25) is 0 Å². The molecule has 0 aromatic rings. The van der Waals surface area contributed by atoms with Crippen LogP contribution in [-0.4, -0.2) is 35.3 Å². The average molecular weight is 250 g/mol. The number of rotatable bonds is 4. The Labute approximate surface area is 109 Å². The van der Waals surface area contributed by atoms with Gasteiger partial charge in [-0.1, -0.05) is 33.1 Å². The molecule has 0 spiro atoms. The Morgan fingerprint density at radius 2 is 2.06 bits per heavy atom. The lowest BCUT2D eigenvalue weighted by Crippen LogP contribution is -2.64. The molecule has 0 radical (unpaired) electrons. The van der Waals surface area contributed by atoms with Gasteiger partial charge in [-0.15, -0.1) is 5.92 Å². The van der Waals surface area contributed by atoms with Gasteiger partial charge in [0.25, 0.3) is 0 Å². The lowest BCUT2D eigenvalue weighted by molar-refractivity contribution is -0.150. The zero-order valence-electron chi connectivity index (χ0n) is 11.6. The van der Waals surface area contributed by atoms with Gasteiger partial charge in [0.05, 0.1) is 6.54 Å². The summed E-state index contributed by atoms with van der Waals surface area (Å²) in [5.41, 5.74) is 0. The molecule has 4 heteroatoms. The number of hydrogen-bond donors (Lipinski definition) is 1. The van der Waals surface area contributed by atoms with E-state index in [1.54, 1.807) is 11.8 Å². The van der Waals surface area contributed by atoms with Crippen LogP contribution in [0.4, 0.5) is 0 Å². The number of hydrogen-bond acceptors (Lipinski definition) is 2. The molecular formula is C14H22N2O2. The third kappa shape index (κ3) is 2.84. The molecule has 1 saturated heterocycles. The second-order valence-corrected chi connectivity index (χ2v) is 4.69. The van der Waals surface area contributed by atoms with E-state index >= 15 is 0 Å². The van der Waals surface area contributed by atoms with E-state index in [-0.39, 0.29) is 23.8 Å². The molecule has 1 aliphatic rings.